The minimum absolute atomic E-state index is 0.513. The molecule has 3 aromatic heterocycles. The van der Waals surface area contributed by atoms with Gasteiger partial charge in [-0.1, -0.05) is 503 Å². The summed E-state index contributed by atoms with van der Waals surface area (Å²) in [7, 11) is 0. The molecular formula is C110H154Br2S3. The van der Waals surface area contributed by atoms with Crippen molar-refractivity contribution >= 4 is 84.7 Å². The molecule has 0 fully saturated rings. The van der Waals surface area contributed by atoms with Crippen molar-refractivity contribution in [1.29, 1.82) is 0 Å². The molecule has 0 unspecified atom stereocenters. The van der Waals surface area contributed by atoms with Gasteiger partial charge in [0.25, 0.3) is 0 Å². The number of fused-ring (bicyclic) bond motifs is 11. The minimum Gasteiger partial charge on any atom is -0.133 e. The molecule has 6 aromatic carbocycles. The van der Waals surface area contributed by atoms with Gasteiger partial charge in [-0.15, -0.1) is 34.0 Å². The van der Waals surface area contributed by atoms with E-state index in [1.54, 1.807) is 0 Å². The summed E-state index contributed by atoms with van der Waals surface area (Å²) in [6, 6.07) is 55.4. The van der Waals surface area contributed by atoms with Crippen molar-refractivity contribution in [3.63, 3.8) is 0 Å². The van der Waals surface area contributed by atoms with E-state index in [4.69, 9.17) is 0 Å². The summed E-state index contributed by atoms with van der Waals surface area (Å²) in [5, 5.41) is 0. The van der Waals surface area contributed by atoms with Gasteiger partial charge in [0.05, 0.1) is 29.6 Å². The highest BCUT2D eigenvalue weighted by Gasteiger charge is 2.53. The Hall–Kier alpha value is -4.10. The molecule has 0 saturated carbocycles. The van der Waals surface area contributed by atoms with Crippen LogP contribution in [0.4, 0.5) is 0 Å². The van der Waals surface area contributed by atoms with Gasteiger partial charge in [0.1, 0.15) is 0 Å². The van der Waals surface area contributed by atoms with Crippen LogP contribution in [0.1, 0.15) is 454 Å². The van der Waals surface area contributed by atoms with Crippen LogP contribution >= 0.6 is 65.9 Å². The molecule has 9 aromatic rings. The number of hydrogen-bond donors (Lipinski definition) is 0. The molecule has 2 aliphatic rings. The molecule has 2 aliphatic carbocycles. The molecule has 5 heteroatoms. The van der Waals surface area contributed by atoms with E-state index < -0.39 is 10.8 Å². The van der Waals surface area contributed by atoms with Gasteiger partial charge in [-0.25, -0.2) is 0 Å². The number of aryl methyl sites for hydroxylation is 4. The summed E-state index contributed by atoms with van der Waals surface area (Å²) in [5.41, 5.74) is 19.1. The first-order chi connectivity index (χ1) is 56.8. The lowest BCUT2D eigenvalue weighted by Crippen LogP contribution is -2.28. The lowest BCUT2D eigenvalue weighted by Gasteiger charge is -2.34. The van der Waals surface area contributed by atoms with Crippen LogP contribution in [0.5, 0.6) is 0 Å². The zero-order valence-corrected chi connectivity index (χ0v) is 78.7. The molecular weight excluding hydrogens is 1580 g/mol. The quantitative estimate of drug-likeness (QED) is 0.0333. The summed E-state index contributed by atoms with van der Waals surface area (Å²) >= 11 is 14.6. The first-order valence-electron chi connectivity index (χ1n) is 48.9. The Kier molecular flexibility index (Phi) is 41.1. The maximum atomic E-state index is 4.14. The molecule has 0 atom stereocenters. The standard InChI is InChI=1S/C110H154Br2S3/c1-5-9-13-17-21-25-29-33-37-41-45-49-53-57-61-87-65-73-91(74-66-87)109(92-75-67-88(68-76-92)62-58-54-50-46-42-38-34-30-26-22-18-14-10-6-2)99-85-95(111)81-83-97(99)103-101(109)105-107(113-103)108-106(115-105)102-104(114-108)98-84-82-96(112)86-100(98)110(102,93-77-69-89(70-78-93)63-59-55-51-47-43-39-35-31-27-23-19-15-11-7-3)94-79-71-90(72-80-94)64-60-56-52-48-44-40-36-32-28-24-20-16-12-8-4/h65-86H,5-64H2,1-4H3. The van der Waals surface area contributed by atoms with E-state index in [9.17, 15) is 0 Å². The van der Waals surface area contributed by atoms with Crippen molar-refractivity contribution in [1.82, 2.24) is 0 Å². The lowest BCUT2D eigenvalue weighted by molar-refractivity contribution is 0.535. The van der Waals surface area contributed by atoms with E-state index in [0.717, 1.165) is 34.6 Å². The minimum atomic E-state index is -0.513. The highest BCUT2D eigenvalue weighted by atomic mass is 79.9. The van der Waals surface area contributed by atoms with Crippen molar-refractivity contribution in [2.75, 3.05) is 0 Å². The molecule has 626 valence electrons. The molecule has 0 spiro atoms. The molecule has 115 heavy (non-hydrogen) atoms. The third kappa shape index (κ3) is 26.0. The van der Waals surface area contributed by atoms with Gasteiger partial charge in [0, 0.05) is 29.8 Å². The number of halogens is 2. The van der Waals surface area contributed by atoms with Crippen LogP contribution in [0.15, 0.2) is 142 Å². The molecule has 0 saturated heterocycles. The Morgan fingerprint density at radius 1 is 0.209 bits per heavy atom. The van der Waals surface area contributed by atoms with Crippen LogP contribution in [0.25, 0.3) is 39.7 Å². The molecule has 0 amide bonds. The largest absolute Gasteiger partial charge is 0.133 e. The second kappa shape index (κ2) is 51.6. The van der Waals surface area contributed by atoms with E-state index in [0.29, 0.717) is 0 Å². The summed E-state index contributed by atoms with van der Waals surface area (Å²) in [4.78, 5) is 2.91. The van der Waals surface area contributed by atoms with Gasteiger partial charge in [-0.3, -0.25) is 0 Å². The second-order valence-electron chi connectivity index (χ2n) is 36.1. The zero-order valence-electron chi connectivity index (χ0n) is 73.1. The zero-order chi connectivity index (χ0) is 79.8. The SMILES string of the molecule is CCCCCCCCCCCCCCCCc1ccc(C2(c3ccc(CCCCCCCCCCCCCCCC)cc3)c3cc(Br)ccc3-c3sc4c(sc5c6c(sc54)-c4ccc(Br)cc4C6(c4ccc(CCCCCCCCCCCCCCCC)cc4)c4ccc(CCCCCCCCCCCCCCCC)cc4)c32)cc1. The summed E-state index contributed by atoms with van der Waals surface area (Å²) in [6.07, 6.45) is 82.6. The van der Waals surface area contributed by atoms with Crippen molar-refractivity contribution in [3.05, 3.63) is 209 Å². The van der Waals surface area contributed by atoms with E-state index in [-0.39, 0.29) is 0 Å². The van der Waals surface area contributed by atoms with Crippen molar-refractivity contribution in [3.8, 4) is 20.9 Å². The highest BCUT2D eigenvalue weighted by Crippen LogP contribution is 2.68. The molecule has 0 radical (unpaired) electrons. The van der Waals surface area contributed by atoms with Crippen LogP contribution < -0.4 is 0 Å². The maximum Gasteiger partial charge on any atom is 0.0736 e. The Morgan fingerprint density at radius 3 is 0.600 bits per heavy atom. The highest BCUT2D eigenvalue weighted by molar-refractivity contribution is 9.10. The number of thiophene rings is 3. The van der Waals surface area contributed by atoms with Crippen LogP contribution in [-0.4, -0.2) is 0 Å². The summed E-state index contributed by atoms with van der Waals surface area (Å²) in [5.74, 6) is 0. The second-order valence-corrected chi connectivity index (χ2v) is 41.0. The van der Waals surface area contributed by atoms with Crippen LogP contribution in [-0.2, 0) is 36.5 Å². The Bertz CT molecular complexity index is 3720. The topological polar surface area (TPSA) is 0 Å². The third-order valence-electron chi connectivity index (χ3n) is 27.0. The monoisotopic (exact) mass is 1730 g/mol. The van der Waals surface area contributed by atoms with E-state index in [1.165, 1.54) is 466 Å². The normalized spacial score (nSPS) is 13.3. The summed E-state index contributed by atoms with van der Waals surface area (Å²) < 4.78 is 8.22. The average molecular weight is 1730 g/mol. The van der Waals surface area contributed by atoms with Crippen molar-refractivity contribution in [2.24, 2.45) is 0 Å². The van der Waals surface area contributed by atoms with Crippen LogP contribution in [0.2, 0.25) is 0 Å². The Morgan fingerprint density at radius 2 is 0.400 bits per heavy atom. The van der Waals surface area contributed by atoms with E-state index in [1.807, 2.05) is 0 Å². The lowest BCUT2D eigenvalue weighted by atomic mass is 9.67. The molecule has 0 N–H and O–H groups in total. The predicted molar refractivity (Wildman–Crippen MR) is 521 cm³/mol. The maximum absolute atomic E-state index is 4.14. The molecule has 0 bridgehead atoms. The van der Waals surface area contributed by atoms with Gasteiger partial charge >= 0.3 is 0 Å². The molecule has 0 aliphatic heterocycles. The van der Waals surface area contributed by atoms with Gasteiger partial charge in [-0.05, 0) is 142 Å². The van der Waals surface area contributed by atoms with Crippen LogP contribution in [0, 0.1) is 0 Å². The fraction of sp³-hybridized carbons (Fsp3) is 0.600. The van der Waals surface area contributed by atoms with Gasteiger partial charge in [-0.2, -0.15) is 0 Å². The summed E-state index contributed by atoms with van der Waals surface area (Å²) in [6.45, 7) is 9.29. The van der Waals surface area contributed by atoms with Gasteiger partial charge < -0.3 is 0 Å². The first-order valence-corrected chi connectivity index (χ1v) is 52.9. The number of unbranched alkanes of at least 4 members (excludes halogenated alkanes) is 52. The molecule has 3 heterocycles. The number of rotatable bonds is 64. The van der Waals surface area contributed by atoms with Gasteiger partial charge in [0.15, 0.2) is 0 Å². The Balaban J connectivity index is 0.878. The average Bonchev–Trinajstić information content (AvgIpc) is 1.49. The number of hydrogen-bond acceptors (Lipinski definition) is 3. The van der Waals surface area contributed by atoms with Gasteiger partial charge in [0.2, 0.25) is 0 Å². The van der Waals surface area contributed by atoms with Crippen molar-refractivity contribution in [2.45, 2.75) is 424 Å². The van der Waals surface area contributed by atoms with Crippen LogP contribution in [0.3, 0.4) is 0 Å². The fourth-order valence-electron chi connectivity index (χ4n) is 20.1. The predicted octanol–water partition coefficient (Wildman–Crippen LogP) is 38.5. The van der Waals surface area contributed by atoms with E-state index >= 15 is 0 Å². The Labute approximate surface area is 732 Å². The van der Waals surface area contributed by atoms with E-state index in [2.05, 4.69) is 227 Å². The molecule has 0 nitrogen and oxygen atoms in total. The smallest absolute Gasteiger partial charge is 0.0736 e. The molecule has 11 rings (SSSR count). The first kappa shape index (κ1) is 91.6. The fourth-order valence-corrected chi connectivity index (χ4v) is 25.6. The third-order valence-corrected chi connectivity index (χ3v) is 32.1. The van der Waals surface area contributed by atoms with Crippen molar-refractivity contribution < 1.29 is 0 Å². The number of benzene rings is 6.